The van der Waals surface area contributed by atoms with Crippen LogP contribution in [0.15, 0.2) is 29.2 Å². The molecule has 0 bridgehead atoms. The molecule has 0 aromatic heterocycles. The summed E-state index contributed by atoms with van der Waals surface area (Å²) >= 11 is 6.45. The highest BCUT2D eigenvalue weighted by Gasteiger charge is 2.31. The van der Waals surface area contributed by atoms with Crippen LogP contribution in [0.3, 0.4) is 0 Å². The Kier molecular flexibility index (Phi) is 6.82. The number of hydrogen-bond acceptors (Lipinski definition) is 7. The van der Waals surface area contributed by atoms with Crippen LogP contribution in [0.2, 0.25) is 5.02 Å². The summed E-state index contributed by atoms with van der Waals surface area (Å²) in [6, 6.07) is 6.14. The maximum Gasteiger partial charge on any atom is 0.337 e. The number of sulfone groups is 1. The molecular formula is C18H20Cl2N2O5S. The average molecular weight is 447 g/mol. The van der Waals surface area contributed by atoms with Gasteiger partial charge in [0.1, 0.15) is 15.7 Å². The molecule has 0 aliphatic carbocycles. The lowest BCUT2D eigenvalue weighted by atomic mass is 10.1. The predicted octanol–water partition coefficient (Wildman–Crippen LogP) is 3.31. The van der Waals surface area contributed by atoms with Gasteiger partial charge in [0.15, 0.2) is 15.6 Å². The highest BCUT2D eigenvalue weighted by Crippen LogP contribution is 2.45. The van der Waals surface area contributed by atoms with Crippen LogP contribution in [0.25, 0.3) is 0 Å². The molecule has 1 aliphatic rings. The van der Waals surface area contributed by atoms with E-state index in [0.717, 1.165) is 0 Å². The maximum atomic E-state index is 12.9. The van der Waals surface area contributed by atoms with Crippen LogP contribution < -0.4 is 15.8 Å². The number of nitrogens with one attached hydrogen (secondary N) is 1. The standard InChI is InChI=1S/C18H19ClN2O5S.ClH/c1-10-7-12(18(22)25-2)8-14-16(10)26-17-11(9-27(14,23)24)3-4-13(15(17)19)21-6-5-20;/h3-4,7-8,21H,5-6,9,20H2,1-2H3;1H. The minimum atomic E-state index is -3.76. The Labute approximate surface area is 174 Å². The molecule has 28 heavy (non-hydrogen) atoms. The fraction of sp³-hybridized carbons (Fsp3) is 0.278. The van der Waals surface area contributed by atoms with Gasteiger partial charge < -0.3 is 20.5 Å². The van der Waals surface area contributed by atoms with Crippen LogP contribution in [-0.4, -0.2) is 34.6 Å². The summed E-state index contributed by atoms with van der Waals surface area (Å²) in [7, 11) is -2.52. The van der Waals surface area contributed by atoms with Crippen molar-refractivity contribution in [3.8, 4) is 11.5 Å². The zero-order valence-corrected chi connectivity index (χ0v) is 17.6. The molecule has 10 heteroatoms. The van der Waals surface area contributed by atoms with Crippen LogP contribution in [0.5, 0.6) is 11.5 Å². The SMILES string of the molecule is COC(=O)c1cc(C)c2c(c1)S(=O)(=O)Cc1ccc(NCCN)c(Cl)c1O2.Cl. The number of methoxy groups -OCH3 is 1. The molecule has 0 saturated heterocycles. The maximum absolute atomic E-state index is 12.9. The summed E-state index contributed by atoms with van der Waals surface area (Å²) in [6.07, 6.45) is 0. The van der Waals surface area contributed by atoms with E-state index in [1.807, 2.05) is 0 Å². The van der Waals surface area contributed by atoms with Crippen LogP contribution in [-0.2, 0) is 20.3 Å². The zero-order valence-electron chi connectivity index (χ0n) is 15.2. The van der Waals surface area contributed by atoms with Gasteiger partial charge in [-0.05, 0) is 30.7 Å². The quantitative estimate of drug-likeness (QED) is 0.693. The van der Waals surface area contributed by atoms with E-state index in [4.69, 9.17) is 26.8 Å². The van der Waals surface area contributed by atoms with Crippen molar-refractivity contribution in [2.24, 2.45) is 5.73 Å². The van der Waals surface area contributed by atoms with Gasteiger partial charge in [0.05, 0.1) is 24.1 Å². The summed E-state index contributed by atoms with van der Waals surface area (Å²) in [4.78, 5) is 11.8. The van der Waals surface area contributed by atoms with Crippen LogP contribution in [0.4, 0.5) is 5.69 Å². The molecule has 0 radical (unpaired) electrons. The number of benzene rings is 2. The Balaban J connectivity index is 0.00000280. The molecule has 0 spiro atoms. The van der Waals surface area contributed by atoms with Gasteiger partial charge in [-0.1, -0.05) is 17.7 Å². The van der Waals surface area contributed by atoms with Gasteiger partial charge >= 0.3 is 5.97 Å². The van der Waals surface area contributed by atoms with Gasteiger partial charge in [-0.2, -0.15) is 0 Å². The van der Waals surface area contributed by atoms with Crippen molar-refractivity contribution in [1.82, 2.24) is 0 Å². The number of aryl methyl sites for hydroxylation is 1. The van der Waals surface area contributed by atoms with Crippen molar-refractivity contribution < 1.29 is 22.7 Å². The molecule has 3 rings (SSSR count). The lowest BCUT2D eigenvalue weighted by molar-refractivity contribution is 0.0600. The second-order valence-corrected chi connectivity index (χ2v) is 8.44. The number of rotatable bonds is 4. The smallest absolute Gasteiger partial charge is 0.337 e. The van der Waals surface area contributed by atoms with E-state index in [1.165, 1.54) is 19.2 Å². The molecule has 0 atom stereocenters. The fourth-order valence-corrected chi connectivity index (χ4v) is 4.76. The number of carbonyl (C=O) groups excluding carboxylic acids is 1. The summed E-state index contributed by atoms with van der Waals surface area (Å²) < 4.78 is 36.5. The molecule has 0 unspecified atom stereocenters. The fourth-order valence-electron chi connectivity index (χ4n) is 2.89. The van der Waals surface area contributed by atoms with E-state index < -0.39 is 15.8 Å². The first-order chi connectivity index (χ1) is 12.8. The lowest BCUT2D eigenvalue weighted by Crippen LogP contribution is -2.13. The van der Waals surface area contributed by atoms with Gasteiger partial charge in [-0.25, -0.2) is 13.2 Å². The minimum Gasteiger partial charge on any atom is -0.465 e. The van der Waals surface area contributed by atoms with Crippen molar-refractivity contribution in [2.45, 2.75) is 17.6 Å². The van der Waals surface area contributed by atoms with Crippen molar-refractivity contribution >= 4 is 45.5 Å². The van der Waals surface area contributed by atoms with E-state index in [1.54, 1.807) is 19.1 Å². The third-order valence-electron chi connectivity index (χ3n) is 4.18. The first-order valence-electron chi connectivity index (χ1n) is 8.17. The monoisotopic (exact) mass is 446 g/mol. The number of fused-ring (bicyclic) bond motifs is 2. The van der Waals surface area contributed by atoms with Crippen molar-refractivity contribution in [2.75, 3.05) is 25.5 Å². The number of nitrogens with two attached hydrogens (primary N) is 1. The number of anilines is 1. The second-order valence-electron chi connectivity index (χ2n) is 6.10. The zero-order chi connectivity index (χ0) is 19.8. The van der Waals surface area contributed by atoms with Crippen molar-refractivity contribution in [3.05, 3.63) is 46.0 Å². The molecule has 2 aromatic carbocycles. The number of carbonyl (C=O) groups is 1. The van der Waals surface area contributed by atoms with Gasteiger partial charge in [-0.3, -0.25) is 0 Å². The highest BCUT2D eigenvalue weighted by molar-refractivity contribution is 7.90. The Hall–Kier alpha value is -2.00. The third-order valence-corrected chi connectivity index (χ3v) is 6.22. The highest BCUT2D eigenvalue weighted by atomic mass is 35.5. The van der Waals surface area contributed by atoms with Crippen LogP contribution in [0, 0.1) is 6.92 Å². The minimum absolute atomic E-state index is 0. The number of esters is 1. The molecule has 2 aromatic rings. The number of halogens is 2. The van der Waals surface area contributed by atoms with E-state index in [2.05, 4.69) is 5.32 Å². The van der Waals surface area contributed by atoms with Gasteiger partial charge in [0.2, 0.25) is 0 Å². The average Bonchev–Trinajstić information content (AvgIpc) is 2.75. The molecule has 1 aliphatic heterocycles. The Bertz CT molecular complexity index is 1030. The van der Waals surface area contributed by atoms with E-state index >= 15 is 0 Å². The number of ether oxygens (including phenoxy) is 2. The Morgan fingerprint density at radius 3 is 2.68 bits per heavy atom. The molecule has 3 N–H and O–H groups in total. The summed E-state index contributed by atoms with van der Waals surface area (Å²) in [6.45, 7) is 2.59. The first-order valence-corrected chi connectivity index (χ1v) is 10.2. The molecule has 1 heterocycles. The Morgan fingerprint density at radius 2 is 2.04 bits per heavy atom. The van der Waals surface area contributed by atoms with E-state index in [9.17, 15) is 13.2 Å². The van der Waals surface area contributed by atoms with Crippen LogP contribution in [0.1, 0.15) is 21.5 Å². The predicted molar refractivity (Wildman–Crippen MR) is 110 cm³/mol. The van der Waals surface area contributed by atoms with E-state index in [0.29, 0.717) is 29.9 Å². The molecular weight excluding hydrogens is 427 g/mol. The summed E-state index contributed by atoms with van der Waals surface area (Å²) in [5.74, 6) is -0.491. The lowest BCUT2D eigenvalue weighted by Gasteiger charge is -2.15. The third kappa shape index (κ3) is 4.05. The van der Waals surface area contributed by atoms with Crippen LogP contribution >= 0.6 is 24.0 Å². The van der Waals surface area contributed by atoms with Crippen molar-refractivity contribution in [3.63, 3.8) is 0 Å². The normalized spacial score (nSPS) is 13.9. The molecule has 152 valence electrons. The molecule has 0 fully saturated rings. The molecule has 0 saturated carbocycles. The summed E-state index contributed by atoms with van der Waals surface area (Å²) in [5.41, 5.74) is 7.17. The molecule has 0 amide bonds. The topological polar surface area (TPSA) is 108 Å². The van der Waals surface area contributed by atoms with Gasteiger partial charge in [0.25, 0.3) is 0 Å². The largest absolute Gasteiger partial charge is 0.465 e. The van der Waals surface area contributed by atoms with Gasteiger partial charge in [-0.15, -0.1) is 12.4 Å². The summed E-state index contributed by atoms with van der Waals surface area (Å²) in [5, 5.41) is 3.35. The van der Waals surface area contributed by atoms with Gasteiger partial charge in [0, 0.05) is 18.7 Å². The second kappa shape index (κ2) is 8.57. The van der Waals surface area contributed by atoms with E-state index in [-0.39, 0.29) is 45.1 Å². The number of hydrogen-bond donors (Lipinski definition) is 2. The Morgan fingerprint density at radius 1 is 1.32 bits per heavy atom. The first kappa shape index (κ1) is 22.3. The van der Waals surface area contributed by atoms with Crippen molar-refractivity contribution in [1.29, 1.82) is 0 Å². The molecule has 7 nitrogen and oxygen atoms in total.